The molecule has 0 bridgehead atoms. The molecule has 1 aromatic rings. The molecule has 0 amide bonds. The third-order valence-electron chi connectivity index (χ3n) is 3.27. The number of hydrogen-bond acceptors (Lipinski definition) is 3. The van der Waals surface area contributed by atoms with Crippen molar-refractivity contribution in [2.75, 3.05) is 0 Å². The number of hydrogen-bond donors (Lipinski definition) is 0. The second-order valence-corrected chi connectivity index (χ2v) is 5.19. The molecule has 0 spiro atoms. The molecule has 0 aliphatic heterocycles. The smallest absolute Gasteiger partial charge is 0.156 e. The van der Waals surface area contributed by atoms with Crippen LogP contribution in [0.15, 0.2) is 18.7 Å². The number of unbranched alkanes of at least 4 members (excludes halogenated alkanes) is 3. The number of ether oxygens (including phenoxy) is 1. The van der Waals surface area contributed by atoms with Crippen molar-refractivity contribution >= 4 is 0 Å². The van der Waals surface area contributed by atoms with Crippen LogP contribution in [0.4, 0.5) is 0 Å². The molecular weight excluding hydrogens is 224 g/mol. The van der Waals surface area contributed by atoms with E-state index in [1.54, 1.807) is 12.4 Å². The van der Waals surface area contributed by atoms with Crippen LogP contribution in [0.25, 0.3) is 0 Å². The fourth-order valence-electron chi connectivity index (χ4n) is 2.15. The van der Waals surface area contributed by atoms with Gasteiger partial charge in [-0.15, -0.1) is 0 Å². The molecule has 0 saturated heterocycles. The standard InChI is InChI=1S/C15H26N2O/c1-4-6-8-10-15(3,9-7-5-2)18-14-11-16-13-17-12-14/h11-13H,4-10H2,1-3H3. The van der Waals surface area contributed by atoms with Gasteiger partial charge in [0.25, 0.3) is 0 Å². The van der Waals surface area contributed by atoms with Gasteiger partial charge in [-0.25, -0.2) is 9.97 Å². The zero-order chi connectivity index (χ0) is 13.3. The van der Waals surface area contributed by atoms with Crippen molar-refractivity contribution in [3.05, 3.63) is 18.7 Å². The number of aromatic nitrogens is 2. The van der Waals surface area contributed by atoms with E-state index in [9.17, 15) is 0 Å². The van der Waals surface area contributed by atoms with Crippen LogP contribution >= 0.6 is 0 Å². The maximum absolute atomic E-state index is 6.13. The van der Waals surface area contributed by atoms with Gasteiger partial charge in [0.05, 0.1) is 12.4 Å². The van der Waals surface area contributed by atoms with E-state index in [0.29, 0.717) is 0 Å². The highest BCUT2D eigenvalue weighted by molar-refractivity contribution is 5.11. The molecule has 1 atom stereocenters. The molecule has 0 fully saturated rings. The van der Waals surface area contributed by atoms with Crippen molar-refractivity contribution in [2.24, 2.45) is 0 Å². The van der Waals surface area contributed by atoms with Crippen molar-refractivity contribution in [1.29, 1.82) is 0 Å². The fraction of sp³-hybridized carbons (Fsp3) is 0.733. The van der Waals surface area contributed by atoms with Crippen LogP contribution in [-0.4, -0.2) is 15.6 Å². The highest BCUT2D eigenvalue weighted by atomic mass is 16.5. The number of rotatable bonds is 9. The second-order valence-electron chi connectivity index (χ2n) is 5.19. The average Bonchev–Trinajstić information content (AvgIpc) is 2.38. The van der Waals surface area contributed by atoms with E-state index in [0.717, 1.165) is 18.6 Å². The quantitative estimate of drug-likeness (QED) is 0.610. The first kappa shape index (κ1) is 14.9. The third-order valence-corrected chi connectivity index (χ3v) is 3.27. The molecule has 0 aliphatic rings. The summed E-state index contributed by atoms with van der Waals surface area (Å²) in [4.78, 5) is 8.02. The van der Waals surface area contributed by atoms with Gasteiger partial charge >= 0.3 is 0 Å². The van der Waals surface area contributed by atoms with Gasteiger partial charge in [-0.05, 0) is 32.6 Å². The van der Waals surface area contributed by atoms with Crippen molar-refractivity contribution < 1.29 is 4.74 Å². The molecular formula is C15H26N2O. The lowest BCUT2D eigenvalue weighted by Gasteiger charge is -2.30. The van der Waals surface area contributed by atoms with E-state index in [1.165, 1.54) is 38.4 Å². The van der Waals surface area contributed by atoms with Gasteiger partial charge in [-0.2, -0.15) is 0 Å². The van der Waals surface area contributed by atoms with Gasteiger partial charge in [0, 0.05) is 0 Å². The molecule has 18 heavy (non-hydrogen) atoms. The van der Waals surface area contributed by atoms with Crippen molar-refractivity contribution in [2.45, 2.75) is 71.3 Å². The molecule has 1 rings (SSSR count). The molecule has 1 aromatic heterocycles. The summed E-state index contributed by atoms with van der Waals surface area (Å²) in [6.07, 6.45) is 13.4. The third kappa shape index (κ3) is 5.48. The maximum atomic E-state index is 6.13. The number of nitrogens with zero attached hydrogens (tertiary/aromatic N) is 2. The van der Waals surface area contributed by atoms with Gasteiger partial charge < -0.3 is 4.74 Å². The largest absolute Gasteiger partial charge is 0.484 e. The van der Waals surface area contributed by atoms with Crippen LogP contribution in [0.5, 0.6) is 5.75 Å². The van der Waals surface area contributed by atoms with Crippen molar-refractivity contribution in [3.63, 3.8) is 0 Å². The van der Waals surface area contributed by atoms with E-state index < -0.39 is 0 Å². The Bertz CT molecular complexity index is 316. The van der Waals surface area contributed by atoms with Crippen LogP contribution < -0.4 is 4.74 Å². The SMILES string of the molecule is CCCCCC(C)(CCCC)Oc1cncnc1. The first-order valence-corrected chi connectivity index (χ1v) is 7.14. The average molecular weight is 250 g/mol. The molecule has 1 heterocycles. The van der Waals surface area contributed by atoms with E-state index in [-0.39, 0.29) is 5.60 Å². The summed E-state index contributed by atoms with van der Waals surface area (Å²) in [5.74, 6) is 0.785. The Morgan fingerprint density at radius 1 is 1.00 bits per heavy atom. The van der Waals surface area contributed by atoms with Gasteiger partial charge in [0.1, 0.15) is 11.9 Å². The predicted molar refractivity (Wildman–Crippen MR) is 74.7 cm³/mol. The zero-order valence-electron chi connectivity index (χ0n) is 12.0. The van der Waals surface area contributed by atoms with Gasteiger partial charge in [0.15, 0.2) is 5.75 Å². The van der Waals surface area contributed by atoms with E-state index in [1.807, 2.05) is 0 Å². The molecule has 0 N–H and O–H groups in total. The van der Waals surface area contributed by atoms with Gasteiger partial charge in [0.2, 0.25) is 0 Å². The Morgan fingerprint density at radius 3 is 2.22 bits per heavy atom. The lowest BCUT2D eigenvalue weighted by molar-refractivity contribution is 0.0635. The zero-order valence-corrected chi connectivity index (χ0v) is 12.0. The first-order valence-electron chi connectivity index (χ1n) is 7.14. The maximum Gasteiger partial charge on any atom is 0.156 e. The highest BCUT2D eigenvalue weighted by Crippen LogP contribution is 2.27. The van der Waals surface area contributed by atoms with Crippen molar-refractivity contribution in [3.8, 4) is 5.75 Å². The van der Waals surface area contributed by atoms with E-state index in [2.05, 4.69) is 30.7 Å². The minimum absolute atomic E-state index is 0.0735. The predicted octanol–water partition coefficient (Wildman–Crippen LogP) is 4.38. The molecule has 0 aromatic carbocycles. The molecule has 0 radical (unpaired) electrons. The highest BCUT2D eigenvalue weighted by Gasteiger charge is 2.25. The molecule has 3 heteroatoms. The van der Waals surface area contributed by atoms with Gasteiger partial charge in [-0.3, -0.25) is 0 Å². The van der Waals surface area contributed by atoms with Crippen LogP contribution in [0.2, 0.25) is 0 Å². The first-order chi connectivity index (χ1) is 8.70. The van der Waals surface area contributed by atoms with Crippen LogP contribution in [0, 0.1) is 0 Å². The van der Waals surface area contributed by atoms with Gasteiger partial charge in [-0.1, -0.05) is 33.1 Å². The lowest BCUT2D eigenvalue weighted by atomic mass is 9.92. The molecule has 0 saturated carbocycles. The van der Waals surface area contributed by atoms with Crippen molar-refractivity contribution in [1.82, 2.24) is 9.97 Å². The molecule has 3 nitrogen and oxygen atoms in total. The molecule has 0 aliphatic carbocycles. The summed E-state index contributed by atoms with van der Waals surface area (Å²) in [5, 5.41) is 0. The summed E-state index contributed by atoms with van der Waals surface area (Å²) in [6.45, 7) is 6.67. The molecule has 1 unspecified atom stereocenters. The second kappa shape index (κ2) is 8.06. The summed E-state index contributed by atoms with van der Waals surface area (Å²) in [7, 11) is 0. The molecule has 102 valence electrons. The minimum atomic E-state index is -0.0735. The Morgan fingerprint density at radius 2 is 1.61 bits per heavy atom. The summed E-state index contributed by atoms with van der Waals surface area (Å²) < 4.78 is 6.13. The minimum Gasteiger partial charge on any atom is -0.484 e. The summed E-state index contributed by atoms with van der Waals surface area (Å²) >= 11 is 0. The lowest BCUT2D eigenvalue weighted by Crippen LogP contribution is -2.32. The van der Waals surface area contributed by atoms with E-state index in [4.69, 9.17) is 4.74 Å². The normalized spacial score (nSPS) is 14.2. The van der Waals surface area contributed by atoms with Crippen LogP contribution in [0.1, 0.15) is 65.7 Å². The monoisotopic (exact) mass is 250 g/mol. The Labute approximate surface area is 111 Å². The van der Waals surface area contributed by atoms with Crippen LogP contribution in [0.3, 0.4) is 0 Å². The van der Waals surface area contributed by atoms with Crippen LogP contribution in [-0.2, 0) is 0 Å². The summed E-state index contributed by atoms with van der Waals surface area (Å²) in [6, 6.07) is 0. The summed E-state index contributed by atoms with van der Waals surface area (Å²) in [5.41, 5.74) is -0.0735. The Balaban J connectivity index is 2.58. The Hall–Kier alpha value is -1.12. The Kier molecular flexibility index (Phi) is 6.69. The fourth-order valence-corrected chi connectivity index (χ4v) is 2.15. The van der Waals surface area contributed by atoms with E-state index >= 15 is 0 Å². The topological polar surface area (TPSA) is 35.0 Å².